The lowest BCUT2D eigenvalue weighted by Gasteiger charge is -2.40. The highest BCUT2D eigenvalue weighted by Gasteiger charge is 2.76. The summed E-state index contributed by atoms with van der Waals surface area (Å²) in [6.45, 7) is 5.88. The molecule has 1 heterocycles. The lowest BCUT2D eigenvalue weighted by atomic mass is 9.70. The number of anilines is 1. The first-order chi connectivity index (χ1) is 15.0. The van der Waals surface area contributed by atoms with Crippen LogP contribution in [0.5, 0.6) is 0 Å². The largest absolute Gasteiger partial charge is 0.637 e. The fraction of sp³-hybridized carbons (Fsp3) is 0.667. The number of esters is 1. The molecule has 0 N–H and O–H groups in total. The molecule has 1 aliphatic heterocycles. The van der Waals surface area contributed by atoms with Crippen LogP contribution in [0.1, 0.15) is 44.7 Å². The number of methoxy groups -OCH3 is 1. The predicted molar refractivity (Wildman–Crippen MR) is 106 cm³/mol. The van der Waals surface area contributed by atoms with E-state index in [9.17, 15) is 36.0 Å². The normalized spacial score (nSPS) is 35.1. The molecular formula is C21H24F6NO4P. The Hall–Kier alpha value is -1.58. The molecule has 0 aromatic heterocycles. The first kappa shape index (κ1) is 24.5. The molecule has 3 fully saturated rings. The van der Waals surface area contributed by atoms with Crippen LogP contribution < -0.4 is 9.56 Å². The van der Waals surface area contributed by atoms with Gasteiger partial charge in [0.1, 0.15) is 12.1 Å². The number of benzene rings is 1. The van der Waals surface area contributed by atoms with E-state index >= 15 is 0 Å². The Labute approximate surface area is 187 Å². The number of nitrogens with zero attached hydrogens (tertiary/aromatic N) is 1. The minimum Gasteiger partial charge on any atom is -0.637 e. The lowest BCUT2D eigenvalue weighted by molar-refractivity contribution is -0.196. The van der Waals surface area contributed by atoms with E-state index < -0.39 is 66.7 Å². The first-order valence-corrected chi connectivity index (χ1v) is 12.2. The summed E-state index contributed by atoms with van der Waals surface area (Å²) in [7, 11) is -3.15. The van der Waals surface area contributed by atoms with Crippen molar-refractivity contribution in [1.82, 2.24) is 0 Å². The summed E-state index contributed by atoms with van der Waals surface area (Å²) in [5.74, 6) is -1.13. The fourth-order valence-electron chi connectivity index (χ4n) is 5.93. The van der Waals surface area contributed by atoms with Crippen molar-refractivity contribution in [2.45, 2.75) is 58.1 Å². The number of carbonyl (C=O) groups excluding carboxylic acids is 1. The van der Waals surface area contributed by atoms with Crippen LogP contribution in [-0.2, 0) is 26.4 Å². The summed E-state index contributed by atoms with van der Waals surface area (Å²) in [6.07, 6.45) is -10.3. The van der Waals surface area contributed by atoms with Gasteiger partial charge in [0.15, 0.2) is 6.16 Å². The second-order valence-electron chi connectivity index (χ2n) is 9.78. The molecule has 2 saturated carbocycles. The highest BCUT2D eigenvalue weighted by molar-refractivity contribution is 7.67. The zero-order valence-corrected chi connectivity index (χ0v) is 19.3. The van der Waals surface area contributed by atoms with Gasteiger partial charge in [-0.15, -0.1) is 0 Å². The third-order valence-electron chi connectivity index (χ3n) is 8.01. The summed E-state index contributed by atoms with van der Waals surface area (Å²) in [5, 5.41) is 0. The van der Waals surface area contributed by atoms with Gasteiger partial charge in [-0.2, -0.15) is 26.3 Å². The molecule has 1 aromatic carbocycles. The molecule has 1 unspecified atom stereocenters. The molecule has 33 heavy (non-hydrogen) atoms. The van der Waals surface area contributed by atoms with Crippen LogP contribution in [0.2, 0.25) is 0 Å². The van der Waals surface area contributed by atoms with Crippen LogP contribution in [-0.4, -0.2) is 31.4 Å². The average molecular weight is 499 g/mol. The molecule has 0 spiro atoms. The fourth-order valence-corrected chi connectivity index (χ4v) is 8.58. The molecule has 5 atom stereocenters. The minimum atomic E-state index is -5.07. The van der Waals surface area contributed by atoms with Gasteiger partial charge in [0.25, 0.3) is 0 Å². The Bertz CT molecular complexity index is 950. The van der Waals surface area contributed by atoms with Gasteiger partial charge in [0.05, 0.1) is 23.9 Å². The van der Waals surface area contributed by atoms with Crippen LogP contribution in [0.4, 0.5) is 32.0 Å². The van der Waals surface area contributed by atoms with Gasteiger partial charge in [0, 0.05) is 5.41 Å². The van der Waals surface area contributed by atoms with E-state index in [4.69, 9.17) is 4.52 Å². The molecule has 0 radical (unpaired) electrons. The first-order valence-electron chi connectivity index (χ1n) is 10.4. The molecule has 2 aliphatic carbocycles. The monoisotopic (exact) mass is 499 g/mol. The Morgan fingerprint density at radius 3 is 2.18 bits per heavy atom. The highest BCUT2D eigenvalue weighted by atomic mass is 31.2. The van der Waals surface area contributed by atoms with Crippen molar-refractivity contribution in [1.29, 1.82) is 0 Å². The molecule has 3 aliphatic rings. The van der Waals surface area contributed by atoms with Gasteiger partial charge in [-0.05, 0) is 42.4 Å². The summed E-state index contributed by atoms with van der Waals surface area (Å²) in [6, 6.07) is 0.381. The van der Waals surface area contributed by atoms with E-state index in [1.165, 1.54) is 0 Å². The van der Waals surface area contributed by atoms with Crippen LogP contribution in [0.15, 0.2) is 18.2 Å². The Balaban J connectivity index is 1.92. The number of ether oxygens (including phenoxy) is 1. The second-order valence-corrected chi connectivity index (χ2v) is 12.0. The minimum absolute atomic E-state index is 0.0230. The summed E-state index contributed by atoms with van der Waals surface area (Å²) >= 11 is 0. The number of fused-ring (bicyclic) bond motifs is 5. The zero-order valence-electron chi connectivity index (χ0n) is 18.4. The van der Waals surface area contributed by atoms with E-state index in [2.05, 4.69) is 4.74 Å². The van der Waals surface area contributed by atoms with Crippen molar-refractivity contribution in [2.75, 3.05) is 17.9 Å². The topological polar surface area (TPSA) is 61.8 Å². The number of rotatable bonds is 3. The summed E-state index contributed by atoms with van der Waals surface area (Å²) < 4.78 is 92.7. The second kappa shape index (κ2) is 7.21. The van der Waals surface area contributed by atoms with Gasteiger partial charge >= 0.3 is 18.3 Å². The number of alkyl halides is 6. The third kappa shape index (κ3) is 3.53. The van der Waals surface area contributed by atoms with Gasteiger partial charge in [-0.25, -0.2) is 14.0 Å². The molecular weight excluding hydrogens is 475 g/mol. The lowest BCUT2D eigenvalue weighted by Crippen LogP contribution is -2.43. The van der Waals surface area contributed by atoms with Crippen molar-refractivity contribution >= 4 is 19.5 Å². The van der Waals surface area contributed by atoms with Crippen molar-refractivity contribution in [3.8, 4) is 0 Å². The summed E-state index contributed by atoms with van der Waals surface area (Å²) in [4.78, 5) is 26.0. The molecule has 2 bridgehead atoms. The molecule has 1 saturated heterocycles. The maximum absolute atomic E-state index is 14.0. The average Bonchev–Trinajstić information content (AvgIpc) is 3.16. The molecule has 5 nitrogen and oxygen atoms in total. The van der Waals surface area contributed by atoms with Gasteiger partial charge in [-0.3, -0.25) is 0 Å². The van der Waals surface area contributed by atoms with Crippen molar-refractivity contribution in [3.05, 3.63) is 29.3 Å². The van der Waals surface area contributed by atoms with Crippen molar-refractivity contribution in [3.63, 3.8) is 0 Å². The highest BCUT2D eigenvalue weighted by Crippen LogP contribution is 2.77. The predicted octanol–water partition coefficient (Wildman–Crippen LogP) is 5.05. The molecule has 1 aromatic rings. The SMILES string of the molecule is COC(=O)C[P+]1([O-])O[C@@H]2[C@@H]([C@H]3CC[C@]2(C)C3(C)C)N1c1cc(C(F)(F)F)cc(C(F)(F)F)c1. The van der Waals surface area contributed by atoms with Crippen LogP contribution in [0, 0.1) is 16.7 Å². The zero-order chi connectivity index (χ0) is 24.8. The summed E-state index contributed by atoms with van der Waals surface area (Å²) in [5.41, 5.74) is -4.45. The maximum Gasteiger partial charge on any atom is 0.416 e. The smallest absolute Gasteiger partial charge is 0.416 e. The third-order valence-corrected chi connectivity index (χ3v) is 10.4. The quantitative estimate of drug-likeness (QED) is 0.331. The molecule has 12 heteroatoms. The van der Waals surface area contributed by atoms with E-state index in [0.29, 0.717) is 25.0 Å². The van der Waals surface area contributed by atoms with Crippen LogP contribution in [0.3, 0.4) is 0 Å². The van der Waals surface area contributed by atoms with Gasteiger partial charge in [-0.1, -0.05) is 20.8 Å². The Morgan fingerprint density at radius 2 is 1.70 bits per heavy atom. The maximum atomic E-state index is 14.0. The molecule has 184 valence electrons. The molecule has 4 rings (SSSR count). The standard InChI is InChI=1S/C21H24F6NO4P/c1-18(2)14-5-6-19(18,3)17-16(14)28(33(30,32-17)10-15(29)31-4)13-8-11(20(22,23)24)7-12(9-13)21(25,26)27/h7-9,14,16-17H,5-6,10H2,1-4H3/t14-,16-,17-,19+,33?/m1/s1. The van der Waals surface area contributed by atoms with Crippen LogP contribution in [0.25, 0.3) is 0 Å². The Kier molecular flexibility index (Phi) is 5.36. The van der Waals surface area contributed by atoms with Crippen LogP contribution >= 0.6 is 7.87 Å². The number of carbonyl (C=O) groups is 1. The van der Waals surface area contributed by atoms with Crippen molar-refractivity contribution < 1.29 is 45.3 Å². The number of hydrogen-bond acceptors (Lipinski definition) is 5. The van der Waals surface area contributed by atoms with Gasteiger partial charge in [0.2, 0.25) is 7.87 Å². The van der Waals surface area contributed by atoms with E-state index in [1.807, 2.05) is 20.8 Å². The number of hydrogen-bond donors (Lipinski definition) is 0. The van der Waals surface area contributed by atoms with E-state index in [1.54, 1.807) is 0 Å². The van der Waals surface area contributed by atoms with Gasteiger partial charge < -0.3 is 9.63 Å². The van der Waals surface area contributed by atoms with E-state index in [-0.39, 0.29) is 17.4 Å². The van der Waals surface area contributed by atoms with E-state index in [0.717, 1.165) is 11.8 Å². The Morgan fingerprint density at radius 1 is 1.15 bits per heavy atom. The molecule has 0 amide bonds. The van der Waals surface area contributed by atoms with Crippen molar-refractivity contribution in [2.24, 2.45) is 16.7 Å². The number of halogens is 6.